The third kappa shape index (κ3) is 5.44. The molecule has 1 heterocycles. The van der Waals surface area contributed by atoms with Gasteiger partial charge in [-0.3, -0.25) is 9.10 Å². The zero-order valence-electron chi connectivity index (χ0n) is 17.6. The van der Waals surface area contributed by atoms with Crippen molar-refractivity contribution in [3.05, 3.63) is 53.6 Å². The summed E-state index contributed by atoms with van der Waals surface area (Å²) in [6.45, 7) is 4.54. The van der Waals surface area contributed by atoms with Gasteiger partial charge in [0.2, 0.25) is 10.0 Å². The molecule has 7 nitrogen and oxygen atoms in total. The van der Waals surface area contributed by atoms with Crippen LogP contribution >= 0.6 is 0 Å². The summed E-state index contributed by atoms with van der Waals surface area (Å²) in [6.07, 6.45) is 2.32. The Hall–Kier alpha value is -2.74. The van der Waals surface area contributed by atoms with Crippen LogP contribution in [0.3, 0.4) is 0 Å². The summed E-state index contributed by atoms with van der Waals surface area (Å²) in [5.41, 5.74) is 2.63. The fraction of sp³-hybridized carbons (Fsp3) is 0.409. The molecule has 0 aliphatic carbocycles. The van der Waals surface area contributed by atoms with E-state index in [1.807, 2.05) is 37.3 Å². The number of fused-ring (bicyclic) bond motifs is 1. The second kappa shape index (κ2) is 9.38. The molecule has 1 aliphatic rings. The third-order valence-corrected chi connectivity index (χ3v) is 5.96. The van der Waals surface area contributed by atoms with E-state index < -0.39 is 16.1 Å². The van der Waals surface area contributed by atoms with Crippen molar-refractivity contribution in [1.29, 1.82) is 0 Å². The molecule has 0 fully saturated rings. The molecule has 162 valence electrons. The van der Waals surface area contributed by atoms with Crippen LogP contribution in [-0.2, 0) is 21.2 Å². The molecule has 3 rings (SSSR count). The Kier molecular flexibility index (Phi) is 6.87. The average Bonchev–Trinajstić information content (AvgIpc) is 2.70. The van der Waals surface area contributed by atoms with E-state index >= 15 is 0 Å². The molecule has 0 radical (unpaired) electrons. The van der Waals surface area contributed by atoms with Gasteiger partial charge in [0.1, 0.15) is 18.1 Å². The average molecular weight is 433 g/mol. The van der Waals surface area contributed by atoms with Crippen molar-refractivity contribution in [2.75, 3.05) is 30.3 Å². The van der Waals surface area contributed by atoms with Gasteiger partial charge in [0.25, 0.3) is 5.91 Å². The molecule has 0 saturated heterocycles. The van der Waals surface area contributed by atoms with E-state index in [9.17, 15) is 13.2 Å². The first-order valence-electron chi connectivity index (χ1n) is 10.0. The topological polar surface area (TPSA) is 84.9 Å². The Bertz CT molecular complexity index is 989. The number of rotatable bonds is 8. The van der Waals surface area contributed by atoms with Crippen molar-refractivity contribution in [3.63, 3.8) is 0 Å². The summed E-state index contributed by atoms with van der Waals surface area (Å²) in [4.78, 5) is 12.6. The largest absolute Gasteiger partial charge is 0.492 e. The Labute approximate surface area is 178 Å². The minimum atomic E-state index is -3.54. The maximum absolute atomic E-state index is 12.6. The number of nitrogens with zero attached hydrogens (tertiary/aromatic N) is 1. The highest BCUT2D eigenvalue weighted by molar-refractivity contribution is 7.92. The van der Waals surface area contributed by atoms with Gasteiger partial charge in [-0.25, -0.2) is 8.42 Å². The lowest BCUT2D eigenvalue weighted by Crippen LogP contribution is -2.51. The summed E-state index contributed by atoms with van der Waals surface area (Å²) >= 11 is 0. The Morgan fingerprint density at radius 2 is 1.97 bits per heavy atom. The molecule has 0 unspecified atom stereocenters. The second-order valence-corrected chi connectivity index (χ2v) is 9.31. The van der Waals surface area contributed by atoms with Crippen molar-refractivity contribution < 1.29 is 22.7 Å². The fourth-order valence-corrected chi connectivity index (χ4v) is 4.22. The summed E-state index contributed by atoms with van der Waals surface area (Å²) in [6, 6.07) is 13.1. The molecule has 0 saturated carbocycles. The standard InChI is InChI=1S/C22H28N2O5S/c1-4-5-17-7-9-18(10-8-17)28-13-12-23-22(25)21-15-24(30(3,26)27)19-11-6-16(2)14-20(19)29-21/h6-11,14,21H,4-5,12-13,15H2,1-3H3,(H,23,25)/t21-/m1/s1. The third-order valence-electron chi connectivity index (χ3n) is 4.81. The zero-order valence-corrected chi connectivity index (χ0v) is 18.4. The number of aryl methyl sites for hydroxylation is 2. The van der Waals surface area contributed by atoms with E-state index in [-0.39, 0.29) is 19.0 Å². The molecule has 0 bridgehead atoms. The molecule has 0 spiro atoms. The molecule has 1 amide bonds. The van der Waals surface area contributed by atoms with Crippen molar-refractivity contribution in [2.24, 2.45) is 0 Å². The van der Waals surface area contributed by atoms with Crippen LogP contribution in [0.15, 0.2) is 42.5 Å². The van der Waals surface area contributed by atoms with Gasteiger partial charge in [-0.05, 0) is 48.7 Å². The maximum atomic E-state index is 12.6. The fourth-order valence-electron chi connectivity index (χ4n) is 3.31. The molecule has 0 aromatic heterocycles. The van der Waals surface area contributed by atoms with Gasteiger partial charge in [0.15, 0.2) is 6.10 Å². The van der Waals surface area contributed by atoms with Crippen molar-refractivity contribution in [1.82, 2.24) is 5.32 Å². The number of carbonyl (C=O) groups is 1. The highest BCUT2D eigenvalue weighted by Crippen LogP contribution is 2.35. The lowest BCUT2D eigenvalue weighted by atomic mass is 10.1. The van der Waals surface area contributed by atoms with Crippen molar-refractivity contribution >= 4 is 21.6 Å². The van der Waals surface area contributed by atoms with Crippen LogP contribution in [-0.4, -0.2) is 46.4 Å². The van der Waals surface area contributed by atoms with Crippen molar-refractivity contribution in [3.8, 4) is 11.5 Å². The quantitative estimate of drug-likeness (QED) is 0.649. The van der Waals surface area contributed by atoms with Crippen LogP contribution in [0, 0.1) is 6.92 Å². The maximum Gasteiger partial charge on any atom is 0.263 e. The number of carbonyl (C=O) groups excluding carboxylic acids is 1. The molecule has 2 aromatic rings. The number of hydrogen-bond acceptors (Lipinski definition) is 5. The van der Waals surface area contributed by atoms with E-state index in [1.54, 1.807) is 12.1 Å². The number of anilines is 1. The first-order valence-corrected chi connectivity index (χ1v) is 11.9. The van der Waals surface area contributed by atoms with Gasteiger partial charge in [0, 0.05) is 0 Å². The van der Waals surface area contributed by atoms with Crippen LogP contribution in [0.5, 0.6) is 11.5 Å². The molecule has 30 heavy (non-hydrogen) atoms. The normalized spacial score (nSPS) is 15.8. The summed E-state index contributed by atoms with van der Waals surface area (Å²) in [5.74, 6) is 0.749. The van der Waals surface area contributed by atoms with E-state index in [0.717, 1.165) is 30.4 Å². The summed E-state index contributed by atoms with van der Waals surface area (Å²) in [7, 11) is -3.54. The number of ether oxygens (including phenoxy) is 2. The smallest absolute Gasteiger partial charge is 0.263 e. The molecule has 2 aromatic carbocycles. The lowest BCUT2D eigenvalue weighted by Gasteiger charge is -2.34. The van der Waals surface area contributed by atoms with Gasteiger partial charge in [-0.15, -0.1) is 0 Å². The van der Waals surface area contributed by atoms with Crippen LogP contribution in [0.4, 0.5) is 5.69 Å². The number of benzene rings is 2. The van der Waals surface area contributed by atoms with E-state index in [2.05, 4.69) is 12.2 Å². The highest BCUT2D eigenvalue weighted by atomic mass is 32.2. The Morgan fingerprint density at radius 1 is 1.23 bits per heavy atom. The SMILES string of the molecule is CCCc1ccc(OCCNC(=O)[C@H]2CN(S(C)(=O)=O)c3ccc(C)cc3O2)cc1. The molecular weight excluding hydrogens is 404 g/mol. The van der Waals surface area contributed by atoms with Gasteiger partial charge in [-0.2, -0.15) is 0 Å². The Balaban J connectivity index is 1.56. The highest BCUT2D eigenvalue weighted by Gasteiger charge is 2.34. The lowest BCUT2D eigenvalue weighted by molar-refractivity contribution is -0.127. The van der Waals surface area contributed by atoms with E-state index in [4.69, 9.17) is 9.47 Å². The minimum absolute atomic E-state index is 0.0690. The molecule has 1 N–H and O–H groups in total. The molecular formula is C22H28N2O5S. The molecule has 1 atom stereocenters. The second-order valence-electron chi connectivity index (χ2n) is 7.41. The van der Waals surface area contributed by atoms with Gasteiger partial charge < -0.3 is 14.8 Å². The van der Waals surface area contributed by atoms with Crippen LogP contribution in [0.2, 0.25) is 0 Å². The number of sulfonamides is 1. The zero-order chi connectivity index (χ0) is 21.7. The predicted molar refractivity (Wildman–Crippen MR) is 117 cm³/mol. The minimum Gasteiger partial charge on any atom is -0.492 e. The number of hydrogen-bond donors (Lipinski definition) is 1. The van der Waals surface area contributed by atoms with Crippen LogP contribution in [0.25, 0.3) is 0 Å². The molecule has 1 aliphatic heterocycles. The van der Waals surface area contributed by atoms with E-state index in [0.29, 0.717) is 18.0 Å². The first-order chi connectivity index (χ1) is 14.3. The number of amides is 1. The Morgan fingerprint density at radius 3 is 2.63 bits per heavy atom. The van der Waals surface area contributed by atoms with Gasteiger partial charge in [0.05, 0.1) is 25.0 Å². The van der Waals surface area contributed by atoms with Gasteiger partial charge in [-0.1, -0.05) is 31.5 Å². The first kappa shape index (κ1) is 22.0. The van der Waals surface area contributed by atoms with Crippen LogP contribution in [0.1, 0.15) is 24.5 Å². The monoisotopic (exact) mass is 432 g/mol. The summed E-state index contributed by atoms with van der Waals surface area (Å²) < 4.78 is 37.1. The van der Waals surface area contributed by atoms with Crippen LogP contribution < -0.4 is 19.1 Å². The van der Waals surface area contributed by atoms with Crippen molar-refractivity contribution in [2.45, 2.75) is 32.8 Å². The predicted octanol–water partition coefficient (Wildman–Crippen LogP) is 2.67. The molecule has 8 heteroatoms. The summed E-state index contributed by atoms with van der Waals surface area (Å²) in [5, 5.41) is 2.76. The van der Waals surface area contributed by atoms with E-state index in [1.165, 1.54) is 9.87 Å². The van der Waals surface area contributed by atoms with Gasteiger partial charge >= 0.3 is 0 Å². The number of nitrogens with one attached hydrogen (secondary N) is 1.